The lowest BCUT2D eigenvalue weighted by Gasteiger charge is -2.19. The Bertz CT molecular complexity index is 656. The SMILES string of the molecule is CC(=O)NCC(=O)N1CCCn2c(CN3CCCC3=O)nnc2C1. The molecular weight excluding hydrogens is 312 g/mol. The van der Waals surface area contributed by atoms with Crippen molar-refractivity contribution >= 4 is 17.7 Å². The van der Waals surface area contributed by atoms with Gasteiger partial charge in [0.25, 0.3) is 0 Å². The Labute approximate surface area is 140 Å². The Balaban J connectivity index is 1.67. The van der Waals surface area contributed by atoms with Crippen LogP contribution in [-0.4, -0.2) is 61.9 Å². The largest absolute Gasteiger partial charge is 0.347 e. The topological polar surface area (TPSA) is 100 Å². The molecule has 0 bridgehead atoms. The van der Waals surface area contributed by atoms with E-state index >= 15 is 0 Å². The van der Waals surface area contributed by atoms with E-state index in [4.69, 9.17) is 0 Å². The quantitative estimate of drug-likeness (QED) is 0.782. The van der Waals surface area contributed by atoms with Gasteiger partial charge in [-0.05, 0) is 12.8 Å². The van der Waals surface area contributed by atoms with Crippen LogP contribution in [0, 0.1) is 0 Å². The van der Waals surface area contributed by atoms with E-state index in [1.807, 2.05) is 9.47 Å². The highest BCUT2D eigenvalue weighted by molar-refractivity contribution is 5.83. The first-order valence-corrected chi connectivity index (χ1v) is 8.25. The van der Waals surface area contributed by atoms with Gasteiger partial charge in [-0.3, -0.25) is 14.4 Å². The van der Waals surface area contributed by atoms with Crippen molar-refractivity contribution in [2.24, 2.45) is 0 Å². The molecule has 0 aromatic carbocycles. The minimum atomic E-state index is -0.223. The first-order valence-electron chi connectivity index (χ1n) is 8.25. The molecule has 1 aromatic heterocycles. The lowest BCUT2D eigenvalue weighted by atomic mass is 10.3. The summed E-state index contributed by atoms with van der Waals surface area (Å²) in [7, 11) is 0. The summed E-state index contributed by atoms with van der Waals surface area (Å²) in [6.07, 6.45) is 2.29. The second kappa shape index (κ2) is 6.98. The molecule has 1 N–H and O–H groups in total. The van der Waals surface area contributed by atoms with Crippen LogP contribution in [-0.2, 0) is 34.0 Å². The Kier molecular flexibility index (Phi) is 4.77. The maximum atomic E-state index is 12.2. The van der Waals surface area contributed by atoms with Gasteiger partial charge in [0, 0.05) is 33.0 Å². The van der Waals surface area contributed by atoms with E-state index in [1.165, 1.54) is 6.92 Å². The van der Waals surface area contributed by atoms with E-state index in [0.29, 0.717) is 26.1 Å². The van der Waals surface area contributed by atoms with Gasteiger partial charge in [-0.2, -0.15) is 0 Å². The van der Waals surface area contributed by atoms with Crippen LogP contribution in [0.15, 0.2) is 0 Å². The van der Waals surface area contributed by atoms with Gasteiger partial charge in [-0.1, -0.05) is 0 Å². The molecule has 2 aliphatic heterocycles. The fourth-order valence-electron chi connectivity index (χ4n) is 3.10. The van der Waals surface area contributed by atoms with Crippen molar-refractivity contribution in [3.8, 4) is 0 Å². The van der Waals surface area contributed by atoms with Crippen LogP contribution < -0.4 is 5.32 Å². The fourth-order valence-corrected chi connectivity index (χ4v) is 3.10. The predicted molar refractivity (Wildman–Crippen MR) is 83.4 cm³/mol. The highest BCUT2D eigenvalue weighted by Gasteiger charge is 2.26. The van der Waals surface area contributed by atoms with Crippen molar-refractivity contribution in [2.75, 3.05) is 19.6 Å². The summed E-state index contributed by atoms with van der Waals surface area (Å²) in [5.74, 6) is 1.31. The highest BCUT2D eigenvalue weighted by atomic mass is 16.2. The Hall–Kier alpha value is -2.45. The molecule has 9 nitrogen and oxygen atoms in total. The van der Waals surface area contributed by atoms with Gasteiger partial charge in [0.15, 0.2) is 11.6 Å². The molecule has 0 atom stereocenters. The molecule has 9 heteroatoms. The number of likely N-dealkylation sites (tertiary alicyclic amines) is 1. The number of fused-ring (bicyclic) bond motifs is 1. The zero-order chi connectivity index (χ0) is 17.1. The lowest BCUT2D eigenvalue weighted by Crippen LogP contribution is -2.39. The molecule has 0 unspecified atom stereocenters. The van der Waals surface area contributed by atoms with E-state index in [2.05, 4.69) is 15.5 Å². The summed E-state index contributed by atoms with van der Waals surface area (Å²) >= 11 is 0. The number of carbonyl (C=O) groups excluding carboxylic acids is 3. The number of rotatable bonds is 4. The minimum absolute atomic E-state index is 0.00138. The molecule has 0 spiro atoms. The van der Waals surface area contributed by atoms with Gasteiger partial charge in [0.2, 0.25) is 17.7 Å². The number of aromatic nitrogens is 3. The van der Waals surface area contributed by atoms with Crippen molar-refractivity contribution in [3.63, 3.8) is 0 Å². The molecule has 3 heterocycles. The number of amides is 3. The number of hydrogen-bond acceptors (Lipinski definition) is 5. The van der Waals surface area contributed by atoms with Crippen molar-refractivity contribution < 1.29 is 14.4 Å². The number of carbonyl (C=O) groups is 3. The molecule has 1 aromatic rings. The summed E-state index contributed by atoms with van der Waals surface area (Å²) in [6, 6.07) is 0. The molecule has 3 amide bonds. The molecular formula is C15H22N6O3. The average Bonchev–Trinajstić information content (AvgIpc) is 3.04. The summed E-state index contributed by atoms with van der Waals surface area (Å²) in [5, 5.41) is 11.0. The molecule has 0 radical (unpaired) electrons. The van der Waals surface area contributed by atoms with Gasteiger partial charge in [-0.25, -0.2) is 0 Å². The van der Waals surface area contributed by atoms with Crippen LogP contribution in [0.1, 0.15) is 37.8 Å². The van der Waals surface area contributed by atoms with Gasteiger partial charge < -0.3 is 19.7 Å². The second-order valence-electron chi connectivity index (χ2n) is 6.18. The number of hydrogen-bond donors (Lipinski definition) is 1. The molecule has 0 saturated carbocycles. The molecule has 0 aliphatic carbocycles. The normalized spacial score (nSPS) is 17.6. The van der Waals surface area contributed by atoms with E-state index in [0.717, 1.165) is 37.6 Å². The van der Waals surface area contributed by atoms with Gasteiger partial charge in [0.05, 0.1) is 19.6 Å². The highest BCUT2D eigenvalue weighted by Crippen LogP contribution is 2.17. The monoisotopic (exact) mass is 334 g/mol. The smallest absolute Gasteiger partial charge is 0.242 e. The fraction of sp³-hybridized carbons (Fsp3) is 0.667. The van der Waals surface area contributed by atoms with Crippen molar-refractivity contribution in [3.05, 3.63) is 11.6 Å². The van der Waals surface area contributed by atoms with E-state index in [9.17, 15) is 14.4 Å². The van der Waals surface area contributed by atoms with Crippen LogP contribution in [0.5, 0.6) is 0 Å². The molecule has 1 fully saturated rings. The maximum absolute atomic E-state index is 12.2. The standard InChI is InChI=1S/C15H22N6O3/c1-11(22)16-8-15(24)20-6-3-7-21-12(17-18-13(21)10-20)9-19-5-2-4-14(19)23/h2-10H2,1H3,(H,16,22). The zero-order valence-corrected chi connectivity index (χ0v) is 13.8. The second-order valence-corrected chi connectivity index (χ2v) is 6.18. The number of nitrogens with zero attached hydrogens (tertiary/aromatic N) is 5. The minimum Gasteiger partial charge on any atom is -0.347 e. The summed E-state index contributed by atoms with van der Waals surface area (Å²) in [6.45, 7) is 4.34. The summed E-state index contributed by atoms with van der Waals surface area (Å²) in [5.41, 5.74) is 0. The Morgan fingerprint density at radius 1 is 1.17 bits per heavy atom. The third-order valence-corrected chi connectivity index (χ3v) is 4.39. The van der Waals surface area contributed by atoms with Crippen molar-refractivity contribution in [2.45, 2.75) is 45.8 Å². The Morgan fingerprint density at radius 2 is 2.00 bits per heavy atom. The summed E-state index contributed by atoms with van der Waals surface area (Å²) < 4.78 is 2.01. The molecule has 24 heavy (non-hydrogen) atoms. The molecule has 2 aliphatic rings. The van der Waals surface area contributed by atoms with Crippen LogP contribution >= 0.6 is 0 Å². The Morgan fingerprint density at radius 3 is 2.71 bits per heavy atom. The molecule has 3 rings (SSSR count). The van der Waals surface area contributed by atoms with Gasteiger partial charge >= 0.3 is 0 Å². The van der Waals surface area contributed by atoms with Gasteiger partial charge in [-0.15, -0.1) is 10.2 Å². The average molecular weight is 334 g/mol. The van der Waals surface area contributed by atoms with E-state index in [1.54, 1.807) is 4.90 Å². The van der Waals surface area contributed by atoms with E-state index in [-0.39, 0.29) is 24.3 Å². The third kappa shape index (κ3) is 3.55. The number of nitrogens with one attached hydrogen (secondary N) is 1. The van der Waals surface area contributed by atoms with Crippen LogP contribution in [0.25, 0.3) is 0 Å². The third-order valence-electron chi connectivity index (χ3n) is 4.39. The first-order chi connectivity index (χ1) is 11.5. The van der Waals surface area contributed by atoms with Crippen LogP contribution in [0.2, 0.25) is 0 Å². The first kappa shape index (κ1) is 16.4. The molecule has 130 valence electrons. The predicted octanol–water partition coefficient (Wildman–Crippen LogP) is -0.731. The van der Waals surface area contributed by atoms with Crippen LogP contribution in [0.4, 0.5) is 0 Å². The summed E-state index contributed by atoms with van der Waals surface area (Å²) in [4.78, 5) is 38.4. The van der Waals surface area contributed by atoms with Crippen molar-refractivity contribution in [1.82, 2.24) is 29.9 Å². The van der Waals surface area contributed by atoms with Gasteiger partial charge in [0.1, 0.15) is 0 Å². The lowest BCUT2D eigenvalue weighted by molar-refractivity contribution is -0.133. The molecule has 1 saturated heterocycles. The van der Waals surface area contributed by atoms with E-state index < -0.39 is 0 Å². The zero-order valence-electron chi connectivity index (χ0n) is 13.8. The maximum Gasteiger partial charge on any atom is 0.242 e. The van der Waals surface area contributed by atoms with Crippen LogP contribution in [0.3, 0.4) is 0 Å². The van der Waals surface area contributed by atoms with Crippen molar-refractivity contribution in [1.29, 1.82) is 0 Å².